The molecule has 1 fully saturated rings. The molecule has 1 aliphatic rings. The van der Waals surface area contributed by atoms with Gasteiger partial charge in [-0.25, -0.2) is 21.6 Å². The molecule has 1 amide bonds. The van der Waals surface area contributed by atoms with Crippen LogP contribution < -0.4 is 0 Å². The lowest BCUT2D eigenvalue weighted by Gasteiger charge is -2.33. The second-order valence-corrected chi connectivity index (χ2v) is 8.09. The van der Waals surface area contributed by atoms with E-state index in [4.69, 9.17) is 4.42 Å². The molecule has 150 valence electrons. The minimum absolute atomic E-state index is 0.0743. The molecule has 1 aromatic carbocycles. The second-order valence-electron chi connectivity index (χ2n) is 6.18. The Balaban J connectivity index is 1.67. The lowest BCUT2D eigenvalue weighted by Crippen LogP contribution is -2.50. The van der Waals surface area contributed by atoms with Crippen LogP contribution in [0.1, 0.15) is 11.5 Å². The lowest BCUT2D eigenvalue weighted by molar-refractivity contribution is -0.127. The van der Waals surface area contributed by atoms with Crippen LogP contribution in [0.4, 0.5) is 13.2 Å². The van der Waals surface area contributed by atoms with Gasteiger partial charge in [-0.1, -0.05) is 0 Å². The first-order chi connectivity index (χ1) is 13.2. The van der Waals surface area contributed by atoms with Gasteiger partial charge in [0.05, 0.1) is 0 Å². The van der Waals surface area contributed by atoms with Crippen molar-refractivity contribution in [2.24, 2.45) is 0 Å². The highest BCUT2D eigenvalue weighted by molar-refractivity contribution is 7.89. The Labute approximate surface area is 159 Å². The van der Waals surface area contributed by atoms with Crippen LogP contribution >= 0.6 is 0 Å². The van der Waals surface area contributed by atoms with Crippen molar-refractivity contribution in [1.29, 1.82) is 0 Å². The summed E-state index contributed by atoms with van der Waals surface area (Å²) in [6.45, 7) is 1.73. The van der Waals surface area contributed by atoms with Gasteiger partial charge in [-0.3, -0.25) is 4.79 Å². The van der Waals surface area contributed by atoms with E-state index in [1.165, 1.54) is 17.1 Å². The molecule has 0 aliphatic carbocycles. The van der Waals surface area contributed by atoms with Gasteiger partial charge in [-0.15, -0.1) is 0 Å². The van der Waals surface area contributed by atoms with Crippen molar-refractivity contribution in [3.8, 4) is 0 Å². The molecule has 0 N–H and O–H groups in total. The number of carbonyl (C=O) groups is 1. The summed E-state index contributed by atoms with van der Waals surface area (Å²) in [4.78, 5) is 12.7. The standard InChI is InChI=1S/C18H17F3N2O4S/c1-12-2-3-13(27-12)4-7-16(24)22-8-10-23(11-9-22)28(25,26)15-6-5-14(19)17(20)18(15)21/h2-7H,8-11H2,1H3. The van der Waals surface area contributed by atoms with E-state index in [0.29, 0.717) is 23.7 Å². The Morgan fingerprint density at radius 3 is 2.32 bits per heavy atom. The van der Waals surface area contributed by atoms with Gasteiger partial charge in [0.15, 0.2) is 17.5 Å². The van der Waals surface area contributed by atoms with Gasteiger partial charge in [0.25, 0.3) is 0 Å². The van der Waals surface area contributed by atoms with Gasteiger partial charge < -0.3 is 9.32 Å². The molecule has 3 rings (SSSR count). The maximum absolute atomic E-state index is 13.9. The first kappa shape index (κ1) is 20.2. The maximum atomic E-state index is 13.9. The second kappa shape index (κ2) is 7.80. The normalized spacial score (nSPS) is 16.1. The van der Waals surface area contributed by atoms with E-state index >= 15 is 0 Å². The van der Waals surface area contributed by atoms with Crippen LogP contribution in [0, 0.1) is 24.4 Å². The van der Waals surface area contributed by atoms with Crippen molar-refractivity contribution in [1.82, 2.24) is 9.21 Å². The SMILES string of the molecule is Cc1ccc(C=CC(=O)N2CCN(S(=O)(=O)c3ccc(F)c(F)c3F)CC2)o1. The van der Waals surface area contributed by atoms with Gasteiger partial charge in [-0.2, -0.15) is 4.31 Å². The van der Waals surface area contributed by atoms with E-state index in [-0.39, 0.29) is 32.1 Å². The molecule has 0 unspecified atom stereocenters. The van der Waals surface area contributed by atoms with Crippen LogP contribution in [-0.4, -0.2) is 49.7 Å². The largest absolute Gasteiger partial charge is 0.462 e. The van der Waals surface area contributed by atoms with E-state index in [1.54, 1.807) is 19.1 Å². The number of halogens is 3. The van der Waals surface area contributed by atoms with Crippen LogP contribution in [0.15, 0.2) is 39.7 Å². The number of sulfonamides is 1. The molecule has 0 bridgehead atoms. The molecule has 2 aromatic rings. The average Bonchev–Trinajstić information content (AvgIpc) is 3.09. The molecule has 1 aromatic heterocycles. The monoisotopic (exact) mass is 414 g/mol. The maximum Gasteiger partial charge on any atom is 0.246 e. The Morgan fingerprint density at radius 2 is 1.71 bits per heavy atom. The van der Waals surface area contributed by atoms with Crippen LogP contribution in [-0.2, 0) is 14.8 Å². The molecule has 0 saturated carbocycles. The average molecular weight is 414 g/mol. The van der Waals surface area contributed by atoms with Crippen molar-refractivity contribution in [3.63, 3.8) is 0 Å². The summed E-state index contributed by atoms with van der Waals surface area (Å²) in [6.07, 6.45) is 2.83. The van der Waals surface area contributed by atoms with Crippen LogP contribution in [0.2, 0.25) is 0 Å². The number of piperazine rings is 1. The fourth-order valence-corrected chi connectivity index (χ4v) is 4.28. The van der Waals surface area contributed by atoms with Gasteiger partial charge in [0, 0.05) is 32.3 Å². The zero-order valence-electron chi connectivity index (χ0n) is 14.9. The number of amides is 1. The van der Waals surface area contributed by atoms with E-state index in [0.717, 1.165) is 4.31 Å². The van der Waals surface area contributed by atoms with Crippen molar-refractivity contribution >= 4 is 22.0 Å². The molecular formula is C18H17F3N2O4S. The van der Waals surface area contributed by atoms with Gasteiger partial charge in [-0.05, 0) is 37.3 Å². The number of aryl methyl sites for hydroxylation is 1. The highest BCUT2D eigenvalue weighted by Crippen LogP contribution is 2.24. The summed E-state index contributed by atoms with van der Waals surface area (Å²) < 4.78 is 71.6. The molecule has 6 nitrogen and oxygen atoms in total. The highest BCUT2D eigenvalue weighted by atomic mass is 32.2. The molecule has 1 saturated heterocycles. The smallest absolute Gasteiger partial charge is 0.246 e. The predicted molar refractivity (Wildman–Crippen MR) is 94.1 cm³/mol. The number of benzene rings is 1. The first-order valence-corrected chi connectivity index (χ1v) is 9.81. The van der Waals surface area contributed by atoms with E-state index in [2.05, 4.69) is 0 Å². The minimum Gasteiger partial charge on any atom is -0.462 e. The Kier molecular flexibility index (Phi) is 5.61. The third-order valence-electron chi connectivity index (χ3n) is 4.32. The Hall–Kier alpha value is -2.59. The van der Waals surface area contributed by atoms with E-state index in [9.17, 15) is 26.4 Å². The summed E-state index contributed by atoms with van der Waals surface area (Å²) >= 11 is 0. The van der Waals surface area contributed by atoms with Gasteiger partial charge >= 0.3 is 0 Å². The molecule has 2 heterocycles. The van der Waals surface area contributed by atoms with Crippen LogP contribution in [0.5, 0.6) is 0 Å². The first-order valence-electron chi connectivity index (χ1n) is 8.37. The van der Waals surface area contributed by atoms with Crippen molar-refractivity contribution < 1.29 is 30.8 Å². The fourth-order valence-electron chi connectivity index (χ4n) is 2.80. The summed E-state index contributed by atoms with van der Waals surface area (Å²) in [7, 11) is -4.35. The van der Waals surface area contributed by atoms with Crippen molar-refractivity contribution in [2.75, 3.05) is 26.2 Å². The summed E-state index contributed by atoms with van der Waals surface area (Å²) in [5.74, 6) is -4.17. The molecule has 0 radical (unpaired) electrons. The number of hydrogen-bond acceptors (Lipinski definition) is 4. The van der Waals surface area contributed by atoms with Crippen LogP contribution in [0.3, 0.4) is 0 Å². The Bertz CT molecular complexity index is 1030. The Morgan fingerprint density at radius 1 is 1.04 bits per heavy atom. The number of carbonyl (C=O) groups excluding carboxylic acids is 1. The number of hydrogen-bond donors (Lipinski definition) is 0. The highest BCUT2D eigenvalue weighted by Gasteiger charge is 2.33. The zero-order valence-corrected chi connectivity index (χ0v) is 15.7. The molecule has 0 spiro atoms. The van der Waals surface area contributed by atoms with Crippen molar-refractivity contribution in [2.45, 2.75) is 11.8 Å². The summed E-state index contributed by atoms with van der Waals surface area (Å²) in [5, 5.41) is 0. The fraction of sp³-hybridized carbons (Fsp3) is 0.278. The van der Waals surface area contributed by atoms with Gasteiger partial charge in [0.1, 0.15) is 16.4 Å². The molecule has 0 atom stereocenters. The zero-order chi connectivity index (χ0) is 20.5. The summed E-state index contributed by atoms with van der Waals surface area (Å²) in [5.41, 5.74) is 0. The number of nitrogens with zero attached hydrogens (tertiary/aromatic N) is 2. The molecular weight excluding hydrogens is 397 g/mol. The molecule has 28 heavy (non-hydrogen) atoms. The quantitative estimate of drug-likeness (QED) is 0.570. The molecule has 10 heteroatoms. The topological polar surface area (TPSA) is 70.8 Å². The molecule has 1 aliphatic heterocycles. The number of rotatable bonds is 4. The van der Waals surface area contributed by atoms with E-state index < -0.39 is 32.4 Å². The third kappa shape index (κ3) is 3.97. The van der Waals surface area contributed by atoms with Gasteiger partial charge in [0.2, 0.25) is 15.9 Å². The predicted octanol–water partition coefficient (Wildman–Crippen LogP) is 2.55. The number of furan rings is 1. The van der Waals surface area contributed by atoms with Crippen molar-refractivity contribution in [3.05, 3.63) is 59.3 Å². The van der Waals surface area contributed by atoms with Crippen LogP contribution in [0.25, 0.3) is 6.08 Å². The summed E-state index contributed by atoms with van der Waals surface area (Å²) in [6, 6.07) is 4.71. The minimum atomic E-state index is -4.35. The third-order valence-corrected chi connectivity index (χ3v) is 6.24. The van der Waals surface area contributed by atoms with E-state index in [1.807, 2.05) is 0 Å². The lowest BCUT2D eigenvalue weighted by atomic mass is 10.3.